The first-order chi connectivity index (χ1) is 14.9. The summed E-state index contributed by atoms with van der Waals surface area (Å²) in [6.45, 7) is 3.97. The van der Waals surface area contributed by atoms with Gasteiger partial charge in [0.25, 0.3) is 0 Å². The van der Waals surface area contributed by atoms with Gasteiger partial charge in [-0.05, 0) is 43.2 Å². The molecular weight excluding hydrogens is 412 g/mol. The van der Waals surface area contributed by atoms with Gasteiger partial charge in [-0.3, -0.25) is 14.9 Å². The summed E-state index contributed by atoms with van der Waals surface area (Å²) >= 11 is 1.43. The third kappa shape index (κ3) is 4.49. The Morgan fingerprint density at radius 2 is 1.94 bits per heavy atom. The monoisotopic (exact) mass is 434 g/mol. The average Bonchev–Trinajstić information content (AvgIpc) is 3.34. The minimum absolute atomic E-state index is 0.0580. The molecule has 8 heteroatoms. The number of aromatic nitrogens is 3. The third-order valence-electron chi connectivity index (χ3n) is 5.11. The molecular formula is C23H22N4O3S. The number of hydrogen-bond acceptors (Lipinski definition) is 6. The number of nitrogens with zero attached hydrogens (tertiary/aromatic N) is 3. The van der Waals surface area contributed by atoms with Crippen molar-refractivity contribution in [3.05, 3.63) is 64.5 Å². The molecule has 0 saturated heterocycles. The van der Waals surface area contributed by atoms with Crippen LogP contribution >= 0.6 is 11.3 Å². The van der Waals surface area contributed by atoms with Crippen LogP contribution in [-0.4, -0.2) is 33.4 Å². The highest BCUT2D eigenvalue weighted by Gasteiger charge is 2.15. The number of fused-ring (bicyclic) bond motifs is 1. The summed E-state index contributed by atoms with van der Waals surface area (Å²) in [5, 5.41) is 9.06. The normalized spacial score (nSPS) is 10.9. The summed E-state index contributed by atoms with van der Waals surface area (Å²) in [5.74, 6) is 0.620. The zero-order chi connectivity index (χ0) is 22.0. The summed E-state index contributed by atoms with van der Waals surface area (Å²) < 4.78 is 6.98. The predicted octanol–water partition coefficient (Wildman–Crippen LogP) is 4.68. The Kier molecular flexibility index (Phi) is 5.81. The second kappa shape index (κ2) is 8.69. The van der Waals surface area contributed by atoms with Crippen LogP contribution in [0.5, 0.6) is 5.75 Å². The maximum atomic E-state index is 12.4. The SMILES string of the molecule is COc1cccc(-c2csc3nc(NC(=O)CCC(=O)c4ccc(C)c(C)c4)nn23)c1. The standard InChI is InChI=1S/C23H22N4O3S/c1-14-7-8-17(11-15(14)2)20(28)9-10-21(29)24-22-25-23-27(26-22)19(13-31-23)16-5-4-6-18(12-16)30-3/h4-8,11-13H,9-10H2,1-3H3,(H,24,26,29). The predicted molar refractivity (Wildman–Crippen MR) is 121 cm³/mol. The van der Waals surface area contributed by atoms with Crippen LogP contribution in [0.1, 0.15) is 34.3 Å². The first-order valence-electron chi connectivity index (χ1n) is 9.83. The molecule has 0 aliphatic carbocycles. The van der Waals surface area contributed by atoms with Crippen molar-refractivity contribution in [1.29, 1.82) is 0 Å². The summed E-state index contributed by atoms with van der Waals surface area (Å²) in [4.78, 5) is 29.8. The van der Waals surface area contributed by atoms with Crippen LogP contribution in [0.4, 0.5) is 5.95 Å². The van der Waals surface area contributed by atoms with Gasteiger partial charge in [-0.2, -0.15) is 4.98 Å². The number of rotatable bonds is 7. The number of thiazole rings is 1. The largest absolute Gasteiger partial charge is 0.497 e. The lowest BCUT2D eigenvalue weighted by Gasteiger charge is -2.05. The van der Waals surface area contributed by atoms with E-state index in [1.165, 1.54) is 11.3 Å². The van der Waals surface area contributed by atoms with Crippen LogP contribution in [0.25, 0.3) is 16.2 Å². The maximum Gasteiger partial charge on any atom is 0.250 e. The number of aryl methyl sites for hydroxylation is 2. The van der Waals surface area contributed by atoms with Gasteiger partial charge in [0.15, 0.2) is 5.78 Å². The van der Waals surface area contributed by atoms with E-state index in [0.717, 1.165) is 28.1 Å². The lowest BCUT2D eigenvalue weighted by Crippen LogP contribution is -2.14. The van der Waals surface area contributed by atoms with Gasteiger partial charge in [-0.25, -0.2) is 4.52 Å². The van der Waals surface area contributed by atoms with Crippen molar-refractivity contribution in [2.45, 2.75) is 26.7 Å². The molecule has 158 valence electrons. The molecule has 2 heterocycles. The number of Topliss-reactive ketones (excluding diaryl/α,β-unsaturated/α-hetero) is 1. The number of carbonyl (C=O) groups excluding carboxylic acids is 2. The fourth-order valence-corrected chi connectivity index (χ4v) is 4.02. The summed E-state index contributed by atoms with van der Waals surface area (Å²) in [6, 6.07) is 13.2. The Morgan fingerprint density at radius 3 is 2.71 bits per heavy atom. The Labute approximate surface area is 183 Å². The van der Waals surface area contributed by atoms with E-state index < -0.39 is 0 Å². The molecule has 0 fully saturated rings. The minimum Gasteiger partial charge on any atom is -0.497 e. The lowest BCUT2D eigenvalue weighted by atomic mass is 10.0. The molecule has 0 atom stereocenters. The molecule has 1 amide bonds. The number of methoxy groups -OCH3 is 1. The lowest BCUT2D eigenvalue weighted by molar-refractivity contribution is -0.116. The molecule has 1 N–H and O–H groups in total. The zero-order valence-corrected chi connectivity index (χ0v) is 18.3. The first-order valence-corrected chi connectivity index (χ1v) is 10.7. The molecule has 0 radical (unpaired) electrons. The zero-order valence-electron chi connectivity index (χ0n) is 17.5. The van der Waals surface area contributed by atoms with Gasteiger partial charge in [0.05, 0.1) is 12.8 Å². The number of amides is 1. The van der Waals surface area contributed by atoms with Crippen molar-refractivity contribution >= 4 is 33.9 Å². The number of nitrogens with one attached hydrogen (secondary N) is 1. The topological polar surface area (TPSA) is 85.6 Å². The van der Waals surface area contributed by atoms with Crippen LogP contribution in [0.3, 0.4) is 0 Å². The van der Waals surface area contributed by atoms with Crippen molar-refractivity contribution in [1.82, 2.24) is 14.6 Å². The van der Waals surface area contributed by atoms with Gasteiger partial charge in [-0.15, -0.1) is 16.4 Å². The number of ether oxygens (including phenoxy) is 1. The fourth-order valence-electron chi connectivity index (χ4n) is 3.19. The quantitative estimate of drug-likeness (QED) is 0.427. The molecule has 0 aliphatic heterocycles. The summed E-state index contributed by atoms with van der Waals surface area (Å²) in [7, 11) is 1.62. The van der Waals surface area contributed by atoms with Crippen LogP contribution in [0, 0.1) is 13.8 Å². The van der Waals surface area contributed by atoms with E-state index in [1.807, 2.05) is 55.6 Å². The molecule has 0 saturated carbocycles. The van der Waals surface area contributed by atoms with Gasteiger partial charge in [0.2, 0.25) is 16.8 Å². The number of ketones is 1. The molecule has 4 rings (SSSR count). The number of carbonyl (C=O) groups is 2. The molecule has 0 spiro atoms. The Balaban J connectivity index is 1.42. The summed E-state index contributed by atoms with van der Waals surface area (Å²) in [5.41, 5.74) is 4.61. The highest BCUT2D eigenvalue weighted by atomic mass is 32.1. The Bertz CT molecular complexity index is 1280. The van der Waals surface area contributed by atoms with Crippen molar-refractivity contribution in [3.63, 3.8) is 0 Å². The third-order valence-corrected chi connectivity index (χ3v) is 5.92. The molecule has 2 aromatic carbocycles. The van der Waals surface area contributed by atoms with Crippen LogP contribution in [0.15, 0.2) is 47.8 Å². The smallest absolute Gasteiger partial charge is 0.250 e. The van der Waals surface area contributed by atoms with Crippen molar-refractivity contribution < 1.29 is 14.3 Å². The minimum atomic E-state index is -0.293. The molecule has 0 bridgehead atoms. The van der Waals surface area contributed by atoms with Gasteiger partial charge >= 0.3 is 0 Å². The van der Waals surface area contributed by atoms with Crippen molar-refractivity contribution in [2.24, 2.45) is 0 Å². The molecule has 0 unspecified atom stereocenters. The van der Waals surface area contributed by atoms with E-state index in [-0.39, 0.29) is 30.5 Å². The number of anilines is 1. The maximum absolute atomic E-state index is 12.4. The first kappa shape index (κ1) is 20.7. The number of hydrogen-bond donors (Lipinski definition) is 1. The van der Waals surface area contributed by atoms with E-state index in [1.54, 1.807) is 17.7 Å². The van der Waals surface area contributed by atoms with E-state index >= 15 is 0 Å². The van der Waals surface area contributed by atoms with E-state index in [4.69, 9.17) is 4.74 Å². The molecule has 4 aromatic rings. The van der Waals surface area contributed by atoms with Gasteiger partial charge in [0, 0.05) is 29.3 Å². The number of benzene rings is 2. The van der Waals surface area contributed by atoms with Crippen LogP contribution in [-0.2, 0) is 4.79 Å². The Hall–Kier alpha value is -3.52. The van der Waals surface area contributed by atoms with Gasteiger partial charge in [0.1, 0.15) is 5.75 Å². The highest BCUT2D eigenvalue weighted by molar-refractivity contribution is 7.15. The molecule has 31 heavy (non-hydrogen) atoms. The fraction of sp³-hybridized carbons (Fsp3) is 0.217. The van der Waals surface area contributed by atoms with Crippen LogP contribution < -0.4 is 10.1 Å². The Morgan fingerprint density at radius 1 is 1.10 bits per heavy atom. The molecule has 7 nitrogen and oxygen atoms in total. The van der Waals surface area contributed by atoms with Crippen molar-refractivity contribution in [2.75, 3.05) is 12.4 Å². The average molecular weight is 435 g/mol. The molecule has 2 aromatic heterocycles. The summed E-state index contributed by atoms with van der Waals surface area (Å²) in [6.07, 6.45) is 0.201. The highest BCUT2D eigenvalue weighted by Crippen LogP contribution is 2.28. The van der Waals surface area contributed by atoms with E-state index in [9.17, 15) is 9.59 Å². The van der Waals surface area contributed by atoms with Crippen molar-refractivity contribution in [3.8, 4) is 17.0 Å². The van der Waals surface area contributed by atoms with E-state index in [0.29, 0.717) is 10.5 Å². The van der Waals surface area contributed by atoms with E-state index in [2.05, 4.69) is 15.4 Å². The van der Waals surface area contributed by atoms with Gasteiger partial charge < -0.3 is 4.74 Å². The van der Waals surface area contributed by atoms with Crippen LogP contribution in [0.2, 0.25) is 0 Å². The second-order valence-electron chi connectivity index (χ2n) is 7.25. The molecule has 0 aliphatic rings. The van der Waals surface area contributed by atoms with Gasteiger partial charge in [-0.1, -0.05) is 24.3 Å². The second-order valence-corrected chi connectivity index (χ2v) is 8.09.